The number of rotatable bonds is 3. The van der Waals surface area contributed by atoms with Crippen LogP contribution in [-0.2, 0) is 12.4 Å². The molecule has 0 aliphatic rings. The highest BCUT2D eigenvalue weighted by molar-refractivity contribution is 6.29. The van der Waals surface area contributed by atoms with E-state index in [1.54, 1.807) is 48.5 Å². The van der Waals surface area contributed by atoms with Gasteiger partial charge < -0.3 is 0 Å². The van der Waals surface area contributed by atoms with Crippen molar-refractivity contribution >= 4 is 43.1 Å². The van der Waals surface area contributed by atoms with E-state index in [9.17, 15) is 36.9 Å². The monoisotopic (exact) mass is 694 g/mol. The van der Waals surface area contributed by atoms with Crippen LogP contribution in [0.25, 0.3) is 76.5 Å². The summed E-state index contributed by atoms with van der Waals surface area (Å²) in [5, 5.41) is 25.5. The number of nitriles is 2. The molecule has 0 amide bonds. The maximum atomic E-state index is 13.6. The number of hydrogen-bond acceptors (Lipinski definition) is 4. The molecule has 0 N–H and O–H groups in total. The van der Waals surface area contributed by atoms with Crippen LogP contribution < -0.4 is 10.7 Å². The number of hydrogen-bond donors (Lipinski definition) is 0. The highest BCUT2D eigenvalue weighted by atomic mass is 19.4. The van der Waals surface area contributed by atoms with Crippen molar-refractivity contribution in [3.63, 3.8) is 0 Å². The molecular weight excluding hydrogens is 674 g/mol. The van der Waals surface area contributed by atoms with Gasteiger partial charge in [0.25, 0.3) is 0 Å². The Morgan fingerprint density at radius 3 is 1.46 bits per heavy atom. The lowest BCUT2D eigenvalue weighted by molar-refractivity contribution is -0.138. The van der Waals surface area contributed by atoms with Gasteiger partial charge in [0.2, 0.25) is 12.4 Å². The van der Waals surface area contributed by atoms with Gasteiger partial charge in [-0.15, -0.1) is 0 Å². The molecule has 8 aromatic carbocycles. The second kappa shape index (κ2) is 11.9. The first kappa shape index (κ1) is 32.4. The van der Waals surface area contributed by atoms with Gasteiger partial charge in [-0.05, 0) is 86.4 Å². The van der Waals surface area contributed by atoms with Gasteiger partial charge in [0.05, 0.1) is 21.8 Å². The second-order valence-corrected chi connectivity index (χ2v) is 12.3. The Kier molecular flexibility index (Phi) is 7.44. The Bertz CT molecular complexity index is 2890. The first-order valence-corrected chi connectivity index (χ1v) is 15.8. The third-order valence-electron chi connectivity index (χ3n) is 9.36. The number of alkyl halides is 6. The van der Waals surface area contributed by atoms with E-state index in [1.807, 2.05) is 48.8 Å². The average Bonchev–Trinajstić information content (AvgIpc) is 3.62. The molecule has 0 atom stereocenters. The molecule has 0 aliphatic heterocycles. The predicted octanol–water partition coefficient (Wildman–Crippen LogP) is 11.0. The van der Waals surface area contributed by atoms with Crippen LogP contribution in [0.15, 0.2) is 131 Å². The van der Waals surface area contributed by atoms with E-state index in [1.165, 1.54) is 12.1 Å². The third-order valence-corrected chi connectivity index (χ3v) is 9.36. The van der Waals surface area contributed by atoms with Gasteiger partial charge in [0, 0.05) is 32.5 Å². The van der Waals surface area contributed by atoms with Crippen molar-refractivity contribution in [1.29, 1.82) is 10.5 Å². The van der Waals surface area contributed by atoms with E-state index in [-0.39, 0.29) is 0 Å². The molecule has 0 fully saturated rings. The van der Waals surface area contributed by atoms with Crippen LogP contribution in [0.2, 0.25) is 0 Å². The fraction of sp³-hybridized carbons (Fsp3) is 0.0476. The molecule has 52 heavy (non-hydrogen) atoms. The van der Waals surface area contributed by atoms with Crippen LogP contribution in [0.1, 0.15) is 11.1 Å². The van der Waals surface area contributed by atoms with E-state index < -0.39 is 23.5 Å². The van der Waals surface area contributed by atoms with Crippen LogP contribution in [0.5, 0.6) is 0 Å². The molecule has 0 spiro atoms. The number of halogens is 6. The van der Waals surface area contributed by atoms with Gasteiger partial charge in [0.1, 0.15) is 0 Å². The molecule has 0 aliphatic carbocycles. The highest BCUT2D eigenvalue weighted by Crippen LogP contribution is 2.43. The maximum Gasteiger partial charge on any atom is 0.416 e. The quantitative estimate of drug-likeness (QED) is 0.136. The molecule has 0 unspecified atom stereocenters. The Balaban J connectivity index is 1.49. The van der Waals surface area contributed by atoms with Crippen LogP contribution in [0.3, 0.4) is 0 Å². The predicted molar refractivity (Wildman–Crippen MR) is 188 cm³/mol. The normalized spacial score (nSPS) is 13.0. The highest BCUT2D eigenvalue weighted by Gasteiger charge is 2.31. The van der Waals surface area contributed by atoms with Gasteiger partial charge in [-0.2, -0.15) is 46.9 Å². The van der Waals surface area contributed by atoms with Gasteiger partial charge in [-0.1, -0.05) is 78.9 Å². The molecular formula is C42H20F6N4. The summed E-state index contributed by atoms with van der Waals surface area (Å²) < 4.78 is 81.6. The van der Waals surface area contributed by atoms with Crippen molar-refractivity contribution in [2.45, 2.75) is 12.4 Å². The first-order valence-electron chi connectivity index (χ1n) is 15.8. The molecule has 8 aromatic rings. The lowest BCUT2D eigenvalue weighted by Crippen LogP contribution is -2.04. The Morgan fingerprint density at radius 1 is 0.404 bits per heavy atom. The fourth-order valence-electron chi connectivity index (χ4n) is 7.16. The van der Waals surface area contributed by atoms with Crippen molar-refractivity contribution in [3.8, 4) is 45.8 Å². The molecule has 0 aromatic heterocycles. The summed E-state index contributed by atoms with van der Waals surface area (Å²) in [6.45, 7) is 0. The van der Waals surface area contributed by atoms with Crippen molar-refractivity contribution in [3.05, 3.63) is 143 Å². The number of benzene rings is 6. The van der Waals surface area contributed by atoms with Gasteiger partial charge in [-0.3, -0.25) is 0 Å². The van der Waals surface area contributed by atoms with E-state index in [0.717, 1.165) is 29.8 Å². The van der Waals surface area contributed by atoms with E-state index >= 15 is 0 Å². The SMILES string of the molecule is N#C/N=c1\c2cc(-c3cccc(C(F)(F)F)c3)ccc2c2c(-c3ccccc3)c3/c(=N/C#N)c4cc(-c5cccc(C(F)(F)F)c5)ccc4c3cc12. The van der Waals surface area contributed by atoms with Gasteiger partial charge in [-0.25, -0.2) is 0 Å². The lowest BCUT2D eigenvalue weighted by atomic mass is 9.94. The van der Waals surface area contributed by atoms with Crippen LogP contribution in [0, 0.1) is 22.9 Å². The Labute approximate surface area is 290 Å². The molecule has 0 heterocycles. The lowest BCUT2D eigenvalue weighted by Gasteiger charge is -2.10. The van der Waals surface area contributed by atoms with Gasteiger partial charge in [0.15, 0.2) is 0 Å². The molecule has 0 saturated carbocycles. The smallest absolute Gasteiger partial charge is 0.172 e. The van der Waals surface area contributed by atoms with E-state index in [0.29, 0.717) is 81.6 Å². The Morgan fingerprint density at radius 2 is 0.904 bits per heavy atom. The zero-order chi connectivity index (χ0) is 36.4. The third kappa shape index (κ3) is 5.24. The summed E-state index contributed by atoms with van der Waals surface area (Å²) in [6, 6.07) is 31.7. The Hall–Kier alpha value is -6.78. The molecule has 0 bridgehead atoms. The molecule has 4 nitrogen and oxygen atoms in total. The standard InChI is InChI=1S/C42H20F6N4/c43-41(44,45)28-10-4-8-24(16-28)26-12-14-30-32-20-35-37(36(23-6-2-1-3-7-23)38(32)40(52-22-50)33(30)18-26)31-15-13-27(19-34(31)39(35)51-21-49)25-9-5-11-29(17-25)42(46,47)48/h1-20H/b51-39+,52-40+. The summed E-state index contributed by atoms with van der Waals surface area (Å²) in [7, 11) is 0. The molecule has 10 heteroatoms. The largest absolute Gasteiger partial charge is 0.416 e. The summed E-state index contributed by atoms with van der Waals surface area (Å²) in [4.78, 5) is 8.49. The minimum Gasteiger partial charge on any atom is -0.172 e. The topological polar surface area (TPSA) is 72.3 Å². The number of nitrogens with zero attached hydrogens (tertiary/aromatic N) is 4. The van der Waals surface area contributed by atoms with Crippen molar-refractivity contribution in [1.82, 2.24) is 0 Å². The van der Waals surface area contributed by atoms with Crippen LogP contribution in [-0.4, -0.2) is 0 Å². The molecule has 250 valence electrons. The molecule has 8 rings (SSSR count). The summed E-state index contributed by atoms with van der Waals surface area (Å²) in [5.74, 6) is 0. The summed E-state index contributed by atoms with van der Waals surface area (Å²) >= 11 is 0. The minimum atomic E-state index is -4.53. The van der Waals surface area contributed by atoms with Gasteiger partial charge >= 0.3 is 12.4 Å². The fourth-order valence-corrected chi connectivity index (χ4v) is 7.16. The number of fused-ring (bicyclic) bond motifs is 6. The van der Waals surface area contributed by atoms with Crippen molar-refractivity contribution in [2.75, 3.05) is 0 Å². The summed E-state index contributed by atoms with van der Waals surface area (Å²) in [6.07, 6.45) is -5.27. The van der Waals surface area contributed by atoms with Crippen LogP contribution >= 0.6 is 0 Å². The second-order valence-electron chi connectivity index (χ2n) is 12.3. The molecule has 0 saturated heterocycles. The van der Waals surface area contributed by atoms with Crippen molar-refractivity contribution < 1.29 is 26.3 Å². The van der Waals surface area contributed by atoms with E-state index in [4.69, 9.17) is 0 Å². The first-order chi connectivity index (χ1) is 25.0. The zero-order valence-corrected chi connectivity index (χ0v) is 26.6. The zero-order valence-electron chi connectivity index (χ0n) is 26.6. The average molecular weight is 695 g/mol. The maximum absolute atomic E-state index is 13.6. The van der Waals surface area contributed by atoms with Crippen LogP contribution in [0.4, 0.5) is 26.3 Å². The van der Waals surface area contributed by atoms with Crippen molar-refractivity contribution in [2.24, 2.45) is 9.98 Å². The molecule has 0 radical (unpaired) electrons. The minimum absolute atomic E-state index is 0.328. The summed E-state index contributed by atoms with van der Waals surface area (Å²) in [5.41, 5.74) is 1.54. The van der Waals surface area contributed by atoms with E-state index in [2.05, 4.69) is 9.98 Å².